The van der Waals surface area contributed by atoms with Crippen LogP contribution in [0.1, 0.15) is 39.5 Å². The third-order valence-electron chi connectivity index (χ3n) is 3.57. The first-order chi connectivity index (χ1) is 9.54. The lowest BCUT2D eigenvalue weighted by Gasteiger charge is -2.16. The Morgan fingerprint density at radius 1 is 1.35 bits per heavy atom. The van der Waals surface area contributed by atoms with Crippen molar-refractivity contribution in [2.45, 2.75) is 57.8 Å². The molecule has 0 aromatic heterocycles. The molecule has 0 radical (unpaired) electrons. The van der Waals surface area contributed by atoms with Crippen molar-refractivity contribution in [2.24, 2.45) is 5.92 Å². The minimum absolute atomic E-state index is 0.303. The summed E-state index contributed by atoms with van der Waals surface area (Å²) in [6.45, 7) is 3.83. The lowest BCUT2D eigenvalue weighted by molar-refractivity contribution is -0.153. The Labute approximate surface area is 119 Å². The Hall–Kier alpha value is -0.980. The van der Waals surface area contributed by atoms with Crippen LogP contribution in [0.4, 0.5) is 0 Å². The maximum atomic E-state index is 11.9. The lowest BCUT2D eigenvalue weighted by atomic mass is 10.0. The Morgan fingerprint density at radius 2 is 2.05 bits per heavy atom. The minimum atomic E-state index is -1.39. The summed E-state index contributed by atoms with van der Waals surface area (Å²) in [4.78, 5) is 23.5. The summed E-state index contributed by atoms with van der Waals surface area (Å²) in [5, 5.41) is 18.2. The van der Waals surface area contributed by atoms with Gasteiger partial charge in [-0.1, -0.05) is 33.1 Å². The van der Waals surface area contributed by atoms with Crippen molar-refractivity contribution >= 4 is 11.8 Å². The molecular weight excluding hydrogens is 264 g/mol. The molecular formula is C14H24O6. The van der Waals surface area contributed by atoms with Crippen LogP contribution in [0.25, 0.3) is 0 Å². The molecule has 0 saturated carbocycles. The number of Topliss-reactive ketones (excluding diaryl/α,β-unsaturated/α-hetero) is 1. The summed E-state index contributed by atoms with van der Waals surface area (Å²) in [7, 11) is 0. The van der Waals surface area contributed by atoms with Crippen LogP contribution in [0.2, 0.25) is 0 Å². The largest absolute Gasteiger partial charge is 0.449 e. The van der Waals surface area contributed by atoms with Crippen molar-refractivity contribution in [3.05, 3.63) is 0 Å². The van der Waals surface area contributed by atoms with E-state index >= 15 is 0 Å². The van der Waals surface area contributed by atoms with Gasteiger partial charge in [-0.3, -0.25) is 4.79 Å². The molecule has 0 aliphatic carbocycles. The summed E-state index contributed by atoms with van der Waals surface area (Å²) in [6, 6.07) is 0. The van der Waals surface area contributed by atoms with Gasteiger partial charge in [0.05, 0.1) is 13.2 Å². The summed E-state index contributed by atoms with van der Waals surface area (Å²) in [5.74, 6) is -1.09. The number of carbonyl (C=O) groups is 2. The van der Waals surface area contributed by atoms with Crippen LogP contribution in [0.3, 0.4) is 0 Å². The lowest BCUT2D eigenvalue weighted by Crippen LogP contribution is -2.38. The van der Waals surface area contributed by atoms with Gasteiger partial charge >= 0.3 is 5.97 Å². The Balaban J connectivity index is 2.50. The van der Waals surface area contributed by atoms with E-state index in [4.69, 9.17) is 14.6 Å². The number of esters is 1. The molecule has 0 spiro atoms. The normalized spacial score (nSPS) is 25.6. The zero-order valence-corrected chi connectivity index (χ0v) is 12.1. The fourth-order valence-corrected chi connectivity index (χ4v) is 2.15. The maximum Gasteiger partial charge on any atom is 0.344 e. The molecule has 0 amide bonds. The van der Waals surface area contributed by atoms with Crippen LogP contribution in [0.5, 0.6) is 0 Å². The number of cyclic esters (lactones) is 1. The smallest absolute Gasteiger partial charge is 0.344 e. The zero-order valence-electron chi connectivity index (χ0n) is 12.1. The van der Waals surface area contributed by atoms with E-state index in [9.17, 15) is 14.7 Å². The van der Waals surface area contributed by atoms with Crippen molar-refractivity contribution in [2.75, 3.05) is 13.2 Å². The molecule has 1 aliphatic rings. The molecule has 2 unspecified atom stereocenters. The Kier molecular flexibility index (Phi) is 7.12. The number of hydrogen-bond acceptors (Lipinski definition) is 6. The van der Waals surface area contributed by atoms with Gasteiger partial charge < -0.3 is 19.7 Å². The van der Waals surface area contributed by atoms with Gasteiger partial charge in [-0.15, -0.1) is 0 Å². The fourth-order valence-electron chi connectivity index (χ4n) is 2.15. The van der Waals surface area contributed by atoms with E-state index in [1.807, 2.05) is 6.92 Å². The second kappa shape index (κ2) is 8.34. The highest BCUT2D eigenvalue weighted by Crippen LogP contribution is 2.20. The van der Waals surface area contributed by atoms with Gasteiger partial charge in [0, 0.05) is 0 Å². The highest BCUT2D eigenvalue weighted by molar-refractivity contribution is 6.09. The average molecular weight is 288 g/mol. The second-order valence-corrected chi connectivity index (χ2v) is 5.14. The van der Waals surface area contributed by atoms with Crippen molar-refractivity contribution in [1.82, 2.24) is 0 Å². The van der Waals surface area contributed by atoms with Crippen LogP contribution < -0.4 is 0 Å². The predicted molar refractivity (Wildman–Crippen MR) is 71.0 cm³/mol. The van der Waals surface area contributed by atoms with E-state index in [1.54, 1.807) is 0 Å². The van der Waals surface area contributed by atoms with Crippen molar-refractivity contribution in [3.63, 3.8) is 0 Å². The zero-order chi connectivity index (χ0) is 15.1. The number of aliphatic hydroxyl groups excluding tert-OH is 2. The van der Waals surface area contributed by atoms with E-state index in [-0.39, 0.29) is 0 Å². The summed E-state index contributed by atoms with van der Waals surface area (Å²) in [5.41, 5.74) is 0. The summed E-state index contributed by atoms with van der Waals surface area (Å²) in [6.07, 6.45) is 0.111. The minimum Gasteiger partial charge on any atom is -0.449 e. The van der Waals surface area contributed by atoms with E-state index < -0.39 is 36.7 Å². The second-order valence-electron chi connectivity index (χ2n) is 5.14. The van der Waals surface area contributed by atoms with E-state index in [0.717, 1.165) is 25.7 Å². The number of ketones is 1. The first-order valence-electron chi connectivity index (χ1n) is 7.19. The molecule has 1 fully saturated rings. The quantitative estimate of drug-likeness (QED) is 0.472. The number of rotatable bonds is 9. The van der Waals surface area contributed by atoms with Gasteiger partial charge in [0.25, 0.3) is 0 Å². The highest BCUT2D eigenvalue weighted by atomic mass is 16.6. The molecule has 0 aromatic rings. The van der Waals surface area contributed by atoms with Gasteiger partial charge in [0.2, 0.25) is 11.9 Å². The van der Waals surface area contributed by atoms with Gasteiger partial charge in [0.15, 0.2) is 6.10 Å². The molecule has 4 atom stereocenters. The topological polar surface area (TPSA) is 93.1 Å². The van der Waals surface area contributed by atoms with Gasteiger partial charge in [-0.05, 0) is 12.3 Å². The third kappa shape index (κ3) is 4.26. The molecule has 2 N–H and O–H groups in total. The van der Waals surface area contributed by atoms with Crippen LogP contribution >= 0.6 is 0 Å². The Bertz CT molecular complexity index is 330. The fraction of sp³-hybridized carbons (Fsp3) is 0.857. The van der Waals surface area contributed by atoms with E-state index in [0.29, 0.717) is 12.5 Å². The summed E-state index contributed by atoms with van der Waals surface area (Å²) >= 11 is 0. The van der Waals surface area contributed by atoms with Crippen molar-refractivity contribution < 1.29 is 29.3 Å². The molecule has 1 saturated heterocycles. The predicted octanol–water partition coefficient (Wildman–Crippen LogP) is 0.436. The van der Waals surface area contributed by atoms with Crippen LogP contribution in [-0.2, 0) is 19.1 Å². The molecule has 1 aliphatic heterocycles. The molecule has 0 bridgehead atoms. The Morgan fingerprint density at radius 3 is 2.60 bits per heavy atom. The van der Waals surface area contributed by atoms with E-state index in [2.05, 4.69) is 6.92 Å². The van der Waals surface area contributed by atoms with Crippen LogP contribution in [0, 0.1) is 5.92 Å². The molecule has 1 rings (SSSR count). The van der Waals surface area contributed by atoms with Crippen LogP contribution in [-0.4, -0.2) is 53.5 Å². The molecule has 6 nitrogen and oxygen atoms in total. The molecule has 1 heterocycles. The van der Waals surface area contributed by atoms with Crippen molar-refractivity contribution in [3.8, 4) is 0 Å². The van der Waals surface area contributed by atoms with Gasteiger partial charge in [-0.2, -0.15) is 0 Å². The number of carbonyl (C=O) groups excluding carboxylic acids is 2. The van der Waals surface area contributed by atoms with Crippen LogP contribution in [0.15, 0.2) is 0 Å². The molecule has 6 heteroatoms. The number of ether oxygens (including phenoxy) is 2. The first-order valence-corrected chi connectivity index (χ1v) is 7.19. The molecule has 0 aromatic carbocycles. The van der Waals surface area contributed by atoms with E-state index in [1.165, 1.54) is 0 Å². The average Bonchev–Trinajstić information content (AvgIpc) is 2.74. The third-order valence-corrected chi connectivity index (χ3v) is 3.57. The maximum absolute atomic E-state index is 11.9. The monoisotopic (exact) mass is 288 g/mol. The van der Waals surface area contributed by atoms with Gasteiger partial charge in [-0.25, -0.2) is 4.79 Å². The molecule has 116 valence electrons. The number of hydrogen-bond donors (Lipinski definition) is 2. The first kappa shape index (κ1) is 17.1. The van der Waals surface area contributed by atoms with Crippen molar-refractivity contribution in [1.29, 1.82) is 0 Å². The highest BCUT2D eigenvalue weighted by Gasteiger charge is 2.47. The number of unbranched alkanes of at least 4 members (excludes halogenated alkanes) is 1. The summed E-state index contributed by atoms with van der Waals surface area (Å²) < 4.78 is 10.1. The van der Waals surface area contributed by atoms with Gasteiger partial charge in [0.1, 0.15) is 6.10 Å². The SMILES string of the molecule is CCCCC(CC)COC1C(=O)O[C@H]([C@@H](O)CO)C1=O. The number of aliphatic hydroxyl groups is 2. The standard InChI is InChI=1S/C14H24O6/c1-3-5-6-9(4-2)8-19-13-11(17)12(10(16)7-15)20-14(13)18/h9-10,12-13,15-16H,3-8H2,1-2H3/t9?,10-,12+,13?/m0/s1. The molecule has 20 heavy (non-hydrogen) atoms.